The number of hydrogen-bond acceptors (Lipinski definition) is 4. The quantitative estimate of drug-likeness (QED) is 0.692. The van der Waals surface area contributed by atoms with Crippen LogP contribution in [-0.2, 0) is 10.2 Å². The Morgan fingerprint density at radius 3 is 2.42 bits per heavy atom. The van der Waals surface area contributed by atoms with E-state index in [-0.39, 0.29) is 29.0 Å². The van der Waals surface area contributed by atoms with Gasteiger partial charge in [0.25, 0.3) is 5.56 Å². The molecule has 2 heterocycles. The van der Waals surface area contributed by atoms with Gasteiger partial charge < -0.3 is 5.32 Å². The van der Waals surface area contributed by atoms with Crippen LogP contribution in [0, 0.1) is 0 Å². The largest absolute Gasteiger partial charge is 0.353 e. The average molecular weight is 415 g/mol. The molecular weight excluding hydrogens is 388 g/mol. The Hall–Kier alpha value is -3.28. The molecule has 0 saturated heterocycles. The van der Waals surface area contributed by atoms with Crippen molar-refractivity contribution in [2.24, 2.45) is 0 Å². The van der Waals surface area contributed by atoms with Gasteiger partial charge in [0.2, 0.25) is 5.91 Å². The predicted octanol–water partition coefficient (Wildman–Crippen LogP) is 3.64. The summed E-state index contributed by atoms with van der Waals surface area (Å²) in [6.07, 6.45) is 8.67. The lowest BCUT2D eigenvalue weighted by Crippen LogP contribution is -2.44. The molecule has 158 valence electrons. The highest BCUT2D eigenvalue weighted by atomic mass is 16.2. The Balaban J connectivity index is 1.24. The van der Waals surface area contributed by atoms with E-state index in [1.54, 1.807) is 29.2 Å². The van der Waals surface area contributed by atoms with Crippen LogP contribution in [0.2, 0.25) is 0 Å². The predicted molar refractivity (Wildman–Crippen MR) is 119 cm³/mol. The monoisotopic (exact) mass is 414 g/mol. The van der Waals surface area contributed by atoms with E-state index in [0.29, 0.717) is 0 Å². The first-order valence-electron chi connectivity index (χ1n) is 11.0. The summed E-state index contributed by atoms with van der Waals surface area (Å²) in [5, 5.41) is 7.91. The molecule has 2 saturated carbocycles. The van der Waals surface area contributed by atoms with Gasteiger partial charge in [-0.05, 0) is 62.3 Å². The van der Waals surface area contributed by atoms with Crippen molar-refractivity contribution in [1.82, 2.24) is 20.1 Å². The normalized spacial score (nSPS) is 21.9. The smallest absolute Gasteiger partial charge is 0.267 e. The van der Waals surface area contributed by atoms with Crippen molar-refractivity contribution in [3.05, 3.63) is 82.9 Å². The van der Waals surface area contributed by atoms with Crippen molar-refractivity contribution in [1.29, 1.82) is 0 Å². The molecule has 2 aromatic heterocycles. The molecule has 3 aromatic rings. The topological polar surface area (TPSA) is 76.9 Å². The van der Waals surface area contributed by atoms with Crippen LogP contribution < -0.4 is 10.9 Å². The van der Waals surface area contributed by atoms with Gasteiger partial charge in [0, 0.05) is 30.1 Å². The van der Waals surface area contributed by atoms with Crippen LogP contribution in [0.15, 0.2) is 71.8 Å². The summed E-state index contributed by atoms with van der Waals surface area (Å²) in [7, 11) is 0. The zero-order valence-electron chi connectivity index (χ0n) is 17.4. The van der Waals surface area contributed by atoms with Crippen LogP contribution in [0.4, 0.5) is 0 Å². The van der Waals surface area contributed by atoms with Gasteiger partial charge in [-0.15, -0.1) is 0 Å². The van der Waals surface area contributed by atoms with Crippen LogP contribution in [0.25, 0.3) is 11.3 Å². The highest BCUT2D eigenvalue weighted by Gasteiger charge is 2.51. The summed E-state index contributed by atoms with van der Waals surface area (Å²) in [6, 6.07) is 17.4. The number of benzene rings is 1. The Kier molecular flexibility index (Phi) is 5.14. The van der Waals surface area contributed by atoms with Gasteiger partial charge in [-0.2, -0.15) is 5.10 Å². The summed E-state index contributed by atoms with van der Waals surface area (Å²) in [5.41, 5.74) is 2.34. The van der Waals surface area contributed by atoms with Crippen molar-refractivity contribution in [3.63, 3.8) is 0 Å². The molecule has 1 aromatic carbocycles. The first-order chi connectivity index (χ1) is 15.2. The third-order valence-corrected chi connectivity index (χ3v) is 6.67. The molecule has 0 radical (unpaired) electrons. The third kappa shape index (κ3) is 3.90. The summed E-state index contributed by atoms with van der Waals surface area (Å²) in [5.74, 6) is 0.149. The molecular formula is C25H26N4O2. The number of nitrogens with zero attached hydrogens (tertiary/aromatic N) is 3. The van der Waals surface area contributed by atoms with E-state index in [1.807, 2.05) is 30.3 Å². The lowest BCUT2D eigenvalue weighted by atomic mass is 9.89. The van der Waals surface area contributed by atoms with Crippen LogP contribution in [0.3, 0.4) is 0 Å². The number of hydrogen-bond donors (Lipinski definition) is 1. The van der Waals surface area contributed by atoms with E-state index in [0.717, 1.165) is 55.3 Å². The average Bonchev–Trinajstić information content (AvgIpc) is 3.64. The molecule has 0 unspecified atom stereocenters. The van der Waals surface area contributed by atoms with Gasteiger partial charge >= 0.3 is 0 Å². The SMILES string of the molecule is O=C(NC1CCC(n2nc(-c3cccnc3)ccc2=O)CC1)C1(c2ccccc2)CC1. The van der Waals surface area contributed by atoms with Gasteiger partial charge in [-0.1, -0.05) is 30.3 Å². The number of aromatic nitrogens is 3. The van der Waals surface area contributed by atoms with E-state index >= 15 is 0 Å². The number of nitrogens with one attached hydrogen (secondary N) is 1. The number of amides is 1. The number of carbonyl (C=O) groups is 1. The molecule has 5 rings (SSSR count). The maximum atomic E-state index is 13.0. The Labute approximate surface area is 181 Å². The van der Waals surface area contributed by atoms with Crippen LogP contribution in [0.5, 0.6) is 0 Å². The summed E-state index contributed by atoms with van der Waals surface area (Å²) < 4.78 is 1.62. The first-order valence-corrected chi connectivity index (χ1v) is 11.0. The molecule has 6 nitrogen and oxygen atoms in total. The van der Waals surface area contributed by atoms with Crippen molar-refractivity contribution in [2.75, 3.05) is 0 Å². The van der Waals surface area contributed by atoms with E-state index in [9.17, 15) is 9.59 Å². The van der Waals surface area contributed by atoms with Gasteiger partial charge in [0.1, 0.15) is 0 Å². The second kappa shape index (κ2) is 8.10. The fourth-order valence-corrected chi connectivity index (χ4v) is 4.67. The van der Waals surface area contributed by atoms with Crippen LogP contribution in [-0.4, -0.2) is 26.7 Å². The lowest BCUT2D eigenvalue weighted by molar-refractivity contribution is -0.124. The van der Waals surface area contributed by atoms with E-state index in [4.69, 9.17) is 0 Å². The Bertz CT molecular complexity index is 1120. The van der Waals surface area contributed by atoms with Crippen molar-refractivity contribution >= 4 is 5.91 Å². The molecule has 0 atom stereocenters. The second-order valence-corrected chi connectivity index (χ2v) is 8.67. The Morgan fingerprint density at radius 1 is 0.968 bits per heavy atom. The van der Waals surface area contributed by atoms with Crippen molar-refractivity contribution in [2.45, 2.75) is 56.0 Å². The molecule has 2 aliphatic rings. The van der Waals surface area contributed by atoms with E-state index < -0.39 is 0 Å². The zero-order chi connectivity index (χ0) is 21.3. The summed E-state index contributed by atoms with van der Waals surface area (Å²) >= 11 is 0. The standard InChI is InChI=1S/C25H26N4O2/c30-23-13-12-22(18-5-4-16-26-17-18)28-29(23)21-10-8-20(9-11-21)27-24(31)25(14-15-25)19-6-2-1-3-7-19/h1-7,12-13,16-17,20-21H,8-11,14-15H2,(H,27,31). The highest BCUT2D eigenvalue weighted by Crippen LogP contribution is 2.48. The third-order valence-electron chi connectivity index (χ3n) is 6.67. The van der Waals surface area contributed by atoms with Crippen molar-refractivity contribution in [3.8, 4) is 11.3 Å². The molecule has 1 amide bonds. The number of carbonyl (C=O) groups excluding carboxylic acids is 1. The number of rotatable bonds is 5. The Morgan fingerprint density at radius 2 is 1.74 bits per heavy atom. The molecule has 0 aliphatic heterocycles. The second-order valence-electron chi connectivity index (χ2n) is 8.67. The fraction of sp³-hybridized carbons (Fsp3) is 0.360. The van der Waals surface area contributed by atoms with Crippen LogP contribution in [0.1, 0.15) is 50.1 Å². The molecule has 31 heavy (non-hydrogen) atoms. The maximum absolute atomic E-state index is 13.0. The minimum Gasteiger partial charge on any atom is -0.353 e. The van der Waals surface area contributed by atoms with Gasteiger partial charge in [-0.3, -0.25) is 14.6 Å². The van der Waals surface area contributed by atoms with Crippen molar-refractivity contribution < 1.29 is 4.79 Å². The lowest BCUT2D eigenvalue weighted by Gasteiger charge is -2.31. The molecule has 0 bridgehead atoms. The molecule has 6 heteroatoms. The number of pyridine rings is 1. The maximum Gasteiger partial charge on any atom is 0.267 e. The minimum atomic E-state index is -0.339. The zero-order valence-corrected chi connectivity index (χ0v) is 17.4. The summed E-state index contributed by atoms with van der Waals surface area (Å²) in [4.78, 5) is 29.6. The molecule has 2 aliphatic carbocycles. The first kappa shape index (κ1) is 19.7. The minimum absolute atomic E-state index is 0.0567. The molecule has 0 spiro atoms. The highest BCUT2D eigenvalue weighted by molar-refractivity contribution is 5.91. The van der Waals surface area contributed by atoms with E-state index in [1.165, 1.54) is 0 Å². The van der Waals surface area contributed by atoms with Crippen LogP contribution >= 0.6 is 0 Å². The van der Waals surface area contributed by atoms with E-state index in [2.05, 4.69) is 27.5 Å². The van der Waals surface area contributed by atoms with Gasteiger partial charge in [-0.25, -0.2) is 4.68 Å². The van der Waals surface area contributed by atoms with Gasteiger partial charge in [0.15, 0.2) is 0 Å². The fourth-order valence-electron chi connectivity index (χ4n) is 4.67. The molecule has 2 fully saturated rings. The van der Waals surface area contributed by atoms with Gasteiger partial charge in [0.05, 0.1) is 17.2 Å². The summed E-state index contributed by atoms with van der Waals surface area (Å²) in [6.45, 7) is 0. The molecule has 1 N–H and O–H groups in total.